The lowest BCUT2D eigenvalue weighted by molar-refractivity contribution is -0.121. The Morgan fingerprint density at radius 1 is 1.27 bits per heavy atom. The Balaban J connectivity index is 1.59. The molecule has 2 heterocycles. The van der Waals surface area contributed by atoms with E-state index in [0.717, 1.165) is 25.9 Å². The number of nitrogens with zero attached hydrogens (tertiary/aromatic N) is 2. The van der Waals surface area contributed by atoms with Crippen LogP contribution in [0.2, 0.25) is 0 Å². The molecule has 140 valence electrons. The van der Waals surface area contributed by atoms with Crippen molar-refractivity contribution in [3.63, 3.8) is 0 Å². The molecule has 0 spiro atoms. The average molecular weight is 355 g/mol. The van der Waals surface area contributed by atoms with Crippen molar-refractivity contribution in [3.8, 4) is 0 Å². The maximum absolute atomic E-state index is 12.2. The zero-order valence-corrected chi connectivity index (χ0v) is 15.8. The van der Waals surface area contributed by atoms with E-state index in [-0.39, 0.29) is 16.9 Å². The monoisotopic (exact) mass is 355 g/mol. The third-order valence-electron chi connectivity index (χ3n) is 5.28. The molecule has 0 saturated carbocycles. The third-order valence-corrected chi connectivity index (χ3v) is 5.28. The van der Waals surface area contributed by atoms with E-state index in [1.807, 2.05) is 12.3 Å². The second kappa shape index (κ2) is 8.04. The van der Waals surface area contributed by atoms with Gasteiger partial charge >= 0.3 is 0 Å². The molecule has 1 aliphatic heterocycles. The van der Waals surface area contributed by atoms with E-state index < -0.39 is 0 Å². The molecule has 1 unspecified atom stereocenters. The molecule has 1 aromatic carbocycles. The molecule has 1 saturated heterocycles. The van der Waals surface area contributed by atoms with Gasteiger partial charge in [-0.1, -0.05) is 30.3 Å². The number of nitrogens with one attached hydrogen (secondary N) is 1. The summed E-state index contributed by atoms with van der Waals surface area (Å²) in [7, 11) is 0. The molecule has 1 aromatic heterocycles. The molecule has 3 rings (SSSR count). The summed E-state index contributed by atoms with van der Waals surface area (Å²) in [6.07, 6.45) is 6.94. The molecule has 0 bridgehead atoms. The highest BCUT2D eigenvalue weighted by atomic mass is 16.5. The Morgan fingerprint density at radius 3 is 2.77 bits per heavy atom. The van der Waals surface area contributed by atoms with E-state index in [0.29, 0.717) is 19.5 Å². The quantitative estimate of drug-likeness (QED) is 0.829. The molecule has 1 aliphatic rings. The Morgan fingerprint density at radius 2 is 2.08 bits per heavy atom. The summed E-state index contributed by atoms with van der Waals surface area (Å²) in [5.41, 5.74) is 1.26. The van der Waals surface area contributed by atoms with Crippen LogP contribution in [-0.4, -0.2) is 34.4 Å². The van der Waals surface area contributed by atoms with Crippen LogP contribution in [-0.2, 0) is 21.5 Å². The summed E-state index contributed by atoms with van der Waals surface area (Å²) in [4.78, 5) is 12.2. The van der Waals surface area contributed by atoms with E-state index in [1.54, 1.807) is 10.9 Å². The molecule has 1 amide bonds. The SMILES string of the molecule is CC1(C)CC(CCNC(=O)CCn2cccn2)(c2ccccc2)CCO1. The van der Waals surface area contributed by atoms with Crippen LogP contribution >= 0.6 is 0 Å². The molecule has 2 aromatic rings. The van der Waals surface area contributed by atoms with Gasteiger partial charge in [-0.05, 0) is 44.7 Å². The maximum Gasteiger partial charge on any atom is 0.221 e. The summed E-state index contributed by atoms with van der Waals surface area (Å²) in [5, 5.41) is 7.22. The van der Waals surface area contributed by atoms with Crippen LogP contribution < -0.4 is 5.32 Å². The molecular weight excluding hydrogens is 326 g/mol. The summed E-state index contributed by atoms with van der Waals surface area (Å²) >= 11 is 0. The summed E-state index contributed by atoms with van der Waals surface area (Å²) in [6.45, 7) is 6.38. The largest absolute Gasteiger partial charge is 0.376 e. The first-order valence-corrected chi connectivity index (χ1v) is 9.43. The van der Waals surface area contributed by atoms with Crippen LogP contribution in [0.3, 0.4) is 0 Å². The van der Waals surface area contributed by atoms with Gasteiger partial charge in [0.2, 0.25) is 5.91 Å². The van der Waals surface area contributed by atoms with Crippen molar-refractivity contribution in [1.29, 1.82) is 0 Å². The number of benzene rings is 1. The first-order valence-electron chi connectivity index (χ1n) is 9.43. The fourth-order valence-corrected chi connectivity index (χ4v) is 4.05. The zero-order chi connectivity index (χ0) is 18.5. The Hall–Kier alpha value is -2.14. The van der Waals surface area contributed by atoms with Gasteiger partial charge in [0.25, 0.3) is 0 Å². The van der Waals surface area contributed by atoms with Crippen LogP contribution in [0.25, 0.3) is 0 Å². The lowest BCUT2D eigenvalue weighted by Gasteiger charge is -2.45. The van der Waals surface area contributed by atoms with Crippen LogP contribution in [0.1, 0.15) is 45.1 Å². The van der Waals surface area contributed by atoms with Crippen molar-refractivity contribution in [2.24, 2.45) is 0 Å². The highest BCUT2D eigenvalue weighted by Gasteiger charge is 2.41. The minimum Gasteiger partial charge on any atom is -0.376 e. The Labute approximate surface area is 155 Å². The summed E-state index contributed by atoms with van der Waals surface area (Å²) in [6, 6.07) is 12.5. The minimum atomic E-state index is -0.141. The van der Waals surface area contributed by atoms with Gasteiger partial charge < -0.3 is 10.1 Å². The van der Waals surface area contributed by atoms with Gasteiger partial charge in [-0.3, -0.25) is 9.48 Å². The minimum absolute atomic E-state index is 0.0538. The molecule has 1 fully saturated rings. The standard InChI is InChI=1S/C21H29N3O2/c1-20(2)17-21(11-16-26-20,18-7-4-3-5-8-18)10-13-22-19(25)9-15-24-14-6-12-23-24/h3-8,12,14H,9-11,13,15-17H2,1-2H3,(H,22,25). The Kier molecular flexibility index (Phi) is 5.77. The molecule has 0 radical (unpaired) electrons. The first kappa shape index (κ1) is 18.6. The van der Waals surface area contributed by atoms with Crippen molar-refractivity contribution in [1.82, 2.24) is 15.1 Å². The summed E-state index contributed by atoms with van der Waals surface area (Å²) in [5.74, 6) is 0.0787. The number of aromatic nitrogens is 2. The first-order chi connectivity index (χ1) is 12.5. The van der Waals surface area contributed by atoms with Crippen LogP contribution in [0, 0.1) is 0 Å². The molecule has 0 aliphatic carbocycles. The molecule has 1 atom stereocenters. The van der Waals surface area contributed by atoms with Gasteiger partial charge in [0.05, 0.1) is 5.60 Å². The van der Waals surface area contributed by atoms with Crippen molar-refractivity contribution >= 4 is 5.91 Å². The van der Waals surface area contributed by atoms with Gasteiger partial charge in [-0.25, -0.2) is 0 Å². The molecule has 1 N–H and O–H groups in total. The molecule has 5 heteroatoms. The second-order valence-electron chi connectivity index (χ2n) is 7.80. The van der Waals surface area contributed by atoms with E-state index in [1.165, 1.54) is 5.56 Å². The van der Waals surface area contributed by atoms with Gasteiger partial charge in [0.1, 0.15) is 0 Å². The van der Waals surface area contributed by atoms with Crippen molar-refractivity contribution in [3.05, 3.63) is 54.4 Å². The van der Waals surface area contributed by atoms with Gasteiger partial charge in [0.15, 0.2) is 0 Å². The predicted octanol–water partition coefficient (Wildman–Crippen LogP) is 3.31. The van der Waals surface area contributed by atoms with E-state index in [2.05, 4.69) is 54.6 Å². The van der Waals surface area contributed by atoms with Gasteiger partial charge in [-0.15, -0.1) is 0 Å². The number of aryl methyl sites for hydroxylation is 1. The van der Waals surface area contributed by atoms with Crippen molar-refractivity contribution in [2.45, 2.75) is 57.1 Å². The van der Waals surface area contributed by atoms with Crippen molar-refractivity contribution < 1.29 is 9.53 Å². The lowest BCUT2D eigenvalue weighted by Crippen LogP contribution is -2.45. The highest BCUT2D eigenvalue weighted by Crippen LogP contribution is 2.43. The smallest absolute Gasteiger partial charge is 0.221 e. The summed E-state index contributed by atoms with van der Waals surface area (Å²) < 4.78 is 7.74. The predicted molar refractivity (Wildman–Crippen MR) is 102 cm³/mol. The van der Waals surface area contributed by atoms with Gasteiger partial charge in [-0.2, -0.15) is 5.10 Å². The number of ether oxygens (including phenoxy) is 1. The Bertz CT molecular complexity index is 697. The van der Waals surface area contributed by atoms with Crippen LogP contribution in [0.5, 0.6) is 0 Å². The number of carbonyl (C=O) groups excluding carboxylic acids is 1. The molecule has 26 heavy (non-hydrogen) atoms. The fourth-order valence-electron chi connectivity index (χ4n) is 4.05. The third kappa shape index (κ3) is 4.73. The number of hydrogen-bond donors (Lipinski definition) is 1. The van der Waals surface area contributed by atoms with Crippen molar-refractivity contribution in [2.75, 3.05) is 13.2 Å². The number of hydrogen-bond acceptors (Lipinski definition) is 3. The lowest BCUT2D eigenvalue weighted by atomic mass is 9.67. The zero-order valence-electron chi connectivity index (χ0n) is 15.8. The number of rotatable bonds is 7. The number of amides is 1. The fraction of sp³-hybridized carbons (Fsp3) is 0.524. The maximum atomic E-state index is 12.2. The number of carbonyl (C=O) groups is 1. The topological polar surface area (TPSA) is 56.2 Å². The molecular formula is C21H29N3O2. The highest BCUT2D eigenvalue weighted by molar-refractivity contribution is 5.75. The molecule has 5 nitrogen and oxygen atoms in total. The normalized spacial score (nSPS) is 22.1. The van der Waals surface area contributed by atoms with E-state index in [4.69, 9.17) is 4.74 Å². The second-order valence-corrected chi connectivity index (χ2v) is 7.80. The average Bonchev–Trinajstić information content (AvgIpc) is 3.13. The van der Waals surface area contributed by atoms with Crippen LogP contribution in [0.15, 0.2) is 48.8 Å². The van der Waals surface area contributed by atoms with Crippen LogP contribution in [0.4, 0.5) is 0 Å². The van der Waals surface area contributed by atoms with Gasteiger partial charge in [0, 0.05) is 43.9 Å². The van der Waals surface area contributed by atoms with E-state index in [9.17, 15) is 4.79 Å². The van der Waals surface area contributed by atoms with E-state index >= 15 is 0 Å².